The lowest BCUT2D eigenvalue weighted by molar-refractivity contribution is -0.121. The number of rotatable bonds is 5. The molecule has 19 heavy (non-hydrogen) atoms. The van der Waals surface area contributed by atoms with Gasteiger partial charge in [0.2, 0.25) is 5.91 Å². The second kappa shape index (κ2) is 6.16. The van der Waals surface area contributed by atoms with Crippen molar-refractivity contribution in [3.63, 3.8) is 0 Å². The summed E-state index contributed by atoms with van der Waals surface area (Å²) >= 11 is 1.36. The summed E-state index contributed by atoms with van der Waals surface area (Å²) in [5, 5.41) is 6.23. The van der Waals surface area contributed by atoms with Gasteiger partial charge < -0.3 is 15.4 Å². The van der Waals surface area contributed by atoms with Gasteiger partial charge in [-0.05, 0) is 40.8 Å². The summed E-state index contributed by atoms with van der Waals surface area (Å²) in [5.74, 6) is -0.605. The molecule has 1 aromatic rings. The zero-order valence-electron chi connectivity index (χ0n) is 11.9. The lowest BCUT2D eigenvalue weighted by atomic mass is 10.1. The van der Waals surface area contributed by atoms with Crippen molar-refractivity contribution in [3.05, 3.63) is 16.5 Å². The van der Waals surface area contributed by atoms with Crippen LogP contribution in [0.1, 0.15) is 36.0 Å². The molecule has 0 unspecified atom stereocenters. The van der Waals surface area contributed by atoms with Gasteiger partial charge in [-0.1, -0.05) is 0 Å². The van der Waals surface area contributed by atoms with Gasteiger partial charge in [-0.3, -0.25) is 4.79 Å². The van der Waals surface area contributed by atoms with Gasteiger partial charge in [0.15, 0.2) is 0 Å². The average molecular weight is 284 g/mol. The van der Waals surface area contributed by atoms with E-state index in [1.54, 1.807) is 33.9 Å². The number of ether oxygens (including phenoxy) is 1. The Labute approximate surface area is 117 Å². The lowest BCUT2D eigenvalue weighted by Gasteiger charge is -2.22. The molecule has 1 aromatic heterocycles. The van der Waals surface area contributed by atoms with Crippen LogP contribution in [-0.2, 0) is 9.53 Å². The lowest BCUT2D eigenvalue weighted by Crippen LogP contribution is -2.47. The van der Waals surface area contributed by atoms with Crippen LogP contribution in [0, 0.1) is 6.92 Å². The van der Waals surface area contributed by atoms with Crippen LogP contribution in [0.2, 0.25) is 0 Å². The normalized spacial score (nSPS) is 11.2. The zero-order valence-corrected chi connectivity index (χ0v) is 12.7. The van der Waals surface area contributed by atoms with E-state index in [0.29, 0.717) is 17.2 Å². The molecule has 6 heteroatoms. The first-order chi connectivity index (χ1) is 8.81. The van der Waals surface area contributed by atoms with E-state index < -0.39 is 11.5 Å². The summed E-state index contributed by atoms with van der Waals surface area (Å²) in [6, 6.07) is 1.73. The molecule has 1 amide bonds. The Morgan fingerprint density at radius 3 is 2.58 bits per heavy atom. The van der Waals surface area contributed by atoms with Crippen molar-refractivity contribution < 1.29 is 14.3 Å². The number of likely N-dealkylation sites (N-methyl/N-ethyl adjacent to an activating group) is 1. The standard InChI is InChI=1S/C13H20N2O3S/c1-6-18-11(16)9-7-8(2)19-10(9)15-12(17)13(3,4)14-5/h7,14H,6H2,1-5H3,(H,15,17). The van der Waals surface area contributed by atoms with Gasteiger partial charge in [-0.25, -0.2) is 4.79 Å². The van der Waals surface area contributed by atoms with Crippen LogP contribution in [0.3, 0.4) is 0 Å². The van der Waals surface area contributed by atoms with E-state index in [0.717, 1.165) is 4.88 Å². The van der Waals surface area contributed by atoms with Crippen LogP contribution in [0.5, 0.6) is 0 Å². The largest absolute Gasteiger partial charge is 0.462 e. The van der Waals surface area contributed by atoms with E-state index in [-0.39, 0.29) is 5.91 Å². The fraction of sp³-hybridized carbons (Fsp3) is 0.538. The molecule has 1 heterocycles. The molecule has 106 valence electrons. The number of amides is 1. The van der Waals surface area contributed by atoms with Crippen LogP contribution >= 0.6 is 11.3 Å². The van der Waals surface area contributed by atoms with Gasteiger partial charge in [0.25, 0.3) is 0 Å². The number of nitrogens with one attached hydrogen (secondary N) is 2. The molecule has 0 spiro atoms. The SMILES string of the molecule is CCOC(=O)c1cc(C)sc1NC(=O)C(C)(C)NC. The van der Waals surface area contributed by atoms with Crippen LogP contribution in [-0.4, -0.2) is 31.1 Å². The molecule has 0 aromatic carbocycles. The molecule has 1 rings (SSSR count). The Kier molecular flexibility index (Phi) is 5.08. The highest BCUT2D eigenvalue weighted by atomic mass is 32.1. The summed E-state index contributed by atoms with van der Waals surface area (Å²) < 4.78 is 4.98. The van der Waals surface area contributed by atoms with Crippen molar-refractivity contribution in [2.24, 2.45) is 0 Å². The summed E-state index contributed by atoms with van der Waals surface area (Å²) in [6.07, 6.45) is 0. The number of esters is 1. The summed E-state index contributed by atoms with van der Waals surface area (Å²) in [4.78, 5) is 24.8. The van der Waals surface area contributed by atoms with E-state index in [9.17, 15) is 9.59 Å². The van der Waals surface area contributed by atoms with Crippen molar-refractivity contribution in [2.75, 3.05) is 19.0 Å². The molecule has 0 radical (unpaired) electrons. The fourth-order valence-corrected chi connectivity index (χ4v) is 2.24. The first-order valence-electron chi connectivity index (χ1n) is 6.09. The molecule has 0 aliphatic rings. The highest BCUT2D eigenvalue weighted by Gasteiger charge is 2.27. The predicted molar refractivity (Wildman–Crippen MR) is 76.8 cm³/mol. The van der Waals surface area contributed by atoms with Crippen LogP contribution < -0.4 is 10.6 Å². The number of anilines is 1. The van der Waals surface area contributed by atoms with Gasteiger partial charge in [-0.2, -0.15) is 0 Å². The van der Waals surface area contributed by atoms with Gasteiger partial charge in [0.05, 0.1) is 17.7 Å². The molecule has 0 bridgehead atoms. The Bertz CT molecular complexity index is 480. The van der Waals surface area contributed by atoms with E-state index in [1.807, 2.05) is 6.92 Å². The summed E-state index contributed by atoms with van der Waals surface area (Å²) in [6.45, 7) is 7.48. The minimum absolute atomic E-state index is 0.192. The third-order valence-electron chi connectivity index (χ3n) is 2.77. The third kappa shape index (κ3) is 3.78. The van der Waals surface area contributed by atoms with Gasteiger partial charge in [0.1, 0.15) is 5.00 Å². The second-order valence-corrected chi connectivity index (χ2v) is 5.91. The van der Waals surface area contributed by atoms with E-state index in [2.05, 4.69) is 10.6 Å². The minimum Gasteiger partial charge on any atom is -0.462 e. The molecular formula is C13H20N2O3S. The highest BCUT2D eigenvalue weighted by molar-refractivity contribution is 7.16. The Balaban J connectivity index is 2.96. The first kappa shape index (κ1) is 15.7. The number of aryl methyl sites for hydroxylation is 1. The van der Waals surface area contributed by atoms with E-state index in [1.165, 1.54) is 11.3 Å². The Morgan fingerprint density at radius 1 is 1.42 bits per heavy atom. The van der Waals surface area contributed by atoms with Crippen molar-refractivity contribution >= 4 is 28.2 Å². The number of hydrogen-bond acceptors (Lipinski definition) is 5. The Hall–Kier alpha value is -1.40. The van der Waals surface area contributed by atoms with E-state index >= 15 is 0 Å². The molecule has 0 saturated heterocycles. The topological polar surface area (TPSA) is 67.4 Å². The van der Waals surface area contributed by atoms with Crippen molar-refractivity contribution in [2.45, 2.75) is 33.2 Å². The molecule has 0 fully saturated rings. The maximum absolute atomic E-state index is 12.1. The average Bonchev–Trinajstić information content (AvgIpc) is 2.70. The highest BCUT2D eigenvalue weighted by Crippen LogP contribution is 2.29. The van der Waals surface area contributed by atoms with Gasteiger partial charge in [-0.15, -0.1) is 11.3 Å². The predicted octanol–water partition coefficient (Wildman–Crippen LogP) is 2.17. The van der Waals surface area contributed by atoms with Crippen LogP contribution in [0.15, 0.2) is 6.07 Å². The molecule has 5 nitrogen and oxygen atoms in total. The molecular weight excluding hydrogens is 264 g/mol. The molecule has 0 saturated carbocycles. The van der Waals surface area contributed by atoms with Gasteiger partial charge >= 0.3 is 5.97 Å². The summed E-state index contributed by atoms with van der Waals surface area (Å²) in [5.41, 5.74) is -0.297. The van der Waals surface area contributed by atoms with Crippen molar-refractivity contribution in [1.82, 2.24) is 5.32 Å². The molecule has 0 aliphatic heterocycles. The maximum Gasteiger partial charge on any atom is 0.341 e. The maximum atomic E-state index is 12.1. The molecule has 0 aliphatic carbocycles. The van der Waals surface area contributed by atoms with Crippen molar-refractivity contribution in [1.29, 1.82) is 0 Å². The zero-order chi connectivity index (χ0) is 14.6. The summed E-state index contributed by atoms with van der Waals surface area (Å²) in [7, 11) is 1.71. The number of carbonyl (C=O) groups excluding carboxylic acids is 2. The molecule has 0 atom stereocenters. The van der Waals surface area contributed by atoms with Crippen molar-refractivity contribution in [3.8, 4) is 0 Å². The molecule has 2 N–H and O–H groups in total. The van der Waals surface area contributed by atoms with E-state index in [4.69, 9.17) is 4.74 Å². The number of carbonyl (C=O) groups is 2. The fourth-order valence-electron chi connectivity index (χ4n) is 1.34. The number of thiophene rings is 1. The smallest absolute Gasteiger partial charge is 0.341 e. The minimum atomic E-state index is -0.705. The quantitative estimate of drug-likeness (QED) is 0.813. The van der Waals surface area contributed by atoms with Gasteiger partial charge in [0, 0.05) is 4.88 Å². The second-order valence-electron chi connectivity index (χ2n) is 4.65. The van der Waals surface area contributed by atoms with Crippen LogP contribution in [0.25, 0.3) is 0 Å². The Morgan fingerprint density at radius 2 is 2.05 bits per heavy atom. The number of hydrogen-bond donors (Lipinski definition) is 2. The third-order valence-corrected chi connectivity index (χ3v) is 3.74. The first-order valence-corrected chi connectivity index (χ1v) is 6.91. The van der Waals surface area contributed by atoms with Crippen LogP contribution in [0.4, 0.5) is 5.00 Å². The monoisotopic (exact) mass is 284 g/mol.